The molecule has 0 atom stereocenters. The summed E-state index contributed by atoms with van der Waals surface area (Å²) in [7, 11) is 0. The molecule has 0 saturated heterocycles. The van der Waals surface area contributed by atoms with Crippen LogP contribution in [0.1, 0.15) is 42.6 Å². The van der Waals surface area contributed by atoms with Crippen LogP contribution < -0.4 is 5.32 Å². The van der Waals surface area contributed by atoms with Crippen molar-refractivity contribution in [3.8, 4) is 22.7 Å². The van der Waals surface area contributed by atoms with E-state index < -0.39 is 0 Å². The van der Waals surface area contributed by atoms with Gasteiger partial charge in [0.2, 0.25) is 5.82 Å². The molecule has 0 bridgehead atoms. The maximum absolute atomic E-state index is 12.9. The summed E-state index contributed by atoms with van der Waals surface area (Å²) in [6.45, 7) is 6.24. The fraction of sp³-hybridized carbons (Fsp3) is 0.240. The predicted molar refractivity (Wildman–Crippen MR) is 141 cm³/mol. The molecule has 3 heterocycles. The van der Waals surface area contributed by atoms with Crippen LogP contribution in [0.4, 0.5) is 0 Å². The van der Waals surface area contributed by atoms with Crippen LogP contribution in [0.3, 0.4) is 0 Å². The molecule has 0 fully saturated rings. The number of rotatable bonds is 7. The molecule has 0 radical (unpaired) electrons. The molecule has 0 unspecified atom stereocenters. The zero-order valence-corrected chi connectivity index (χ0v) is 22.2. The summed E-state index contributed by atoms with van der Waals surface area (Å²) >= 11 is 10.1. The lowest BCUT2D eigenvalue weighted by Gasteiger charge is -2.13. The number of halogens is 2. The largest absolute Gasteiger partial charge is 0.455 e. The Kier molecular flexibility index (Phi) is 6.63. The summed E-state index contributed by atoms with van der Waals surface area (Å²) < 4.78 is 8.94. The highest BCUT2D eigenvalue weighted by Gasteiger charge is 2.23. The first-order chi connectivity index (χ1) is 17.4. The molecule has 5 aromatic rings. The minimum absolute atomic E-state index is 0.0195. The van der Waals surface area contributed by atoms with E-state index in [0.717, 1.165) is 38.0 Å². The standard InChI is InChI=1S/C25H23BrClN7O2/c1-4-19-29-23(27)21(25(35)28-13(2)3)34(19)12-14-9-10-18-17(11-14)20(26)22(36-18)15-7-5-6-8-16(15)24-30-32-33-31-24/h5-11,13H,4,12H2,1-3H3,(H,28,35)(H,30,31,32,33). The van der Waals surface area contributed by atoms with Gasteiger partial charge in [-0.15, -0.1) is 10.2 Å². The normalized spacial score (nSPS) is 11.5. The fourth-order valence-corrected chi connectivity index (χ4v) is 5.06. The van der Waals surface area contributed by atoms with E-state index >= 15 is 0 Å². The quantitative estimate of drug-likeness (QED) is 0.263. The molecule has 9 nitrogen and oxygen atoms in total. The van der Waals surface area contributed by atoms with Gasteiger partial charge in [0, 0.05) is 35.5 Å². The number of fused-ring (bicyclic) bond motifs is 1. The topological polar surface area (TPSA) is 115 Å². The minimum Gasteiger partial charge on any atom is -0.455 e. The van der Waals surface area contributed by atoms with E-state index in [4.69, 9.17) is 16.0 Å². The number of amides is 1. The van der Waals surface area contributed by atoms with Crippen LogP contribution in [0, 0.1) is 0 Å². The van der Waals surface area contributed by atoms with Gasteiger partial charge in [-0.3, -0.25) is 4.79 Å². The molecule has 1 amide bonds. The summed E-state index contributed by atoms with van der Waals surface area (Å²) in [6, 6.07) is 13.6. The second kappa shape index (κ2) is 9.87. The Balaban J connectivity index is 1.55. The molecular weight excluding hydrogens is 546 g/mol. The average molecular weight is 569 g/mol. The first kappa shape index (κ1) is 24.2. The average Bonchev–Trinajstić information content (AvgIpc) is 3.57. The summed E-state index contributed by atoms with van der Waals surface area (Å²) in [5, 5.41) is 18.4. The second-order valence-electron chi connectivity index (χ2n) is 8.59. The molecule has 2 aromatic carbocycles. The van der Waals surface area contributed by atoms with Crippen LogP contribution in [-0.4, -0.2) is 42.1 Å². The lowest BCUT2D eigenvalue weighted by Crippen LogP contribution is -2.32. The van der Waals surface area contributed by atoms with Gasteiger partial charge in [0.05, 0.1) is 4.47 Å². The molecule has 0 aliphatic heterocycles. The van der Waals surface area contributed by atoms with Crippen molar-refractivity contribution in [3.05, 3.63) is 69.2 Å². The zero-order chi connectivity index (χ0) is 25.4. The van der Waals surface area contributed by atoms with E-state index in [-0.39, 0.29) is 17.1 Å². The number of aromatic amines is 1. The summed E-state index contributed by atoms with van der Waals surface area (Å²) in [6.07, 6.45) is 0.642. The van der Waals surface area contributed by atoms with Crippen molar-refractivity contribution in [3.63, 3.8) is 0 Å². The highest BCUT2D eigenvalue weighted by molar-refractivity contribution is 9.10. The lowest BCUT2D eigenvalue weighted by molar-refractivity contribution is 0.0934. The number of benzene rings is 2. The summed E-state index contributed by atoms with van der Waals surface area (Å²) in [5.41, 5.74) is 3.70. The lowest BCUT2D eigenvalue weighted by atomic mass is 10.0. The van der Waals surface area contributed by atoms with Crippen molar-refractivity contribution >= 4 is 44.4 Å². The fourth-order valence-electron chi connectivity index (χ4n) is 4.17. The number of hydrogen-bond donors (Lipinski definition) is 2. The number of furan rings is 1. The van der Waals surface area contributed by atoms with Crippen LogP contribution in [0.15, 0.2) is 51.4 Å². The molecule has 11 heteroatoms. The minimum atomic E-state index is -0.242. The van der Waals surface area contributed by atoms with Crippen molar-refractivity contribution in [2.45, 2.75) is 39.8 Å². The summed E-state index contributed by atoms with van der Waals surface area (Å²) in [5.74, 6) is 1.65. The molecule has 2 N–H and O–H groups in total. The number of carbonyl (C=O) groups excluding carboxylic acids is 1. The Morgan fingerprint density at radius 2 is 2.00 bits per heavy atom. The van der Waals surface area contributed by atoms with Gasteiger partial charge < -0.3 is 14.3 Å². The molecule has 0 spiro atoms. The SMILES string of the molecule is CCc1nc(Cl)c(C(=O)NC(C)C)n1Cc1ccc2oc(-c3ccccc3-c3nn[nH]n3)c(Br)c2c1. The van der Waals surface area contributed by atoms with Gasteiger partial charge in [0.15, 0.2) is 5.15 Å². The number of nitrogens with zero attached hydrogens (tertiary/aromatic N) is 5. The Labute approximate surface area is 220 Å². The van der Waals surface area contributed by atoms with E-state index in [1.54, 1.807) is 0 Å². The van der Waals surface area contributed by atoms with Gasteiger partial charge in [-0.1, -0.05) is 48.9 Å². The second-order valence-corrected chi connectivity index (χ2v) is 9.74. The van der Waals surface area contributed by atoms with Gasteiger partial charge in [-0.05, 0) is 52.7 Å². The van der Waals surface area contributed by atoms with Crippen LogP contribution in [-0.2, 0) is 13.0 Å². The van der Waals surface area contributed by atoms with E-state index in [0.29, 0.717) is 30.2 Å². The number of hydrogen-bond acceptors (Lipinski definition) is 6. The summed E-state index contributed by atoms with van der Waals surface area (Å²) in [4.78, 5) is 17.3. The van der Waals surface area contributed by atoms with Gasteiger partial charge >= 0.3 is 0 Å². The van der Waals surface area contributed by atoms with Crippen LogP contribution in [0.25, 0.3) is 33.7 Å². The first-order valence-corrected chi connectivity index (χ1v) is 12.6. The molecular formula is C25H23BrClN7O2. The van der Waals surface area contributed by atoms with Crippen molar-refractivity contribution in [1.29, 1.82) is 0 Å². The van der Waals surface area contributed by atoms with Gasteiger partial charge in [-0.2, -0.15) is 5.21 Å². The number of imidazole rings is 1. The third-order valence-electron chi connectivity index (χ3n) is 5.75. The number of aromatic nitrogens is 6. The van der Waals surface area contributed by atoms with E-state index in [9.17, 15) is 4.79 Å². The Hall–Kier alpha value is -3.50. The highest BCUT2D eigenvalue weighted by Crippen LogP contribution is 2.41. The Morgan fingerprint density at radius 3 is 2.69 bits per heavy atom. The van der Waals surface area contributed by atoms with Crippen molar-refractivity contribution in [1.82, 2.24) is 35.5 Å². The van der Waals surface area contributed by atoms with Gasteiger partial charge in [-0.25, -0.2) is 4.98 Å². The smallest absolute Gasteiger partial charge is 0.271 e. The molecule has 3 aromatic heterocycles. The number of nitrogens with one attached hydrogen (secondary N) is 2. The molecule has 0 aliphatic carbocycles. The Bertz CT molecular complexity index is 1560. The third-order valence-corrected chi connectivity index (χ3v) is 6.80. The number of carbonyl (C=O) groups is 1. The molecule has 36 heavy (non-hydrogen) atoms. The maximum Gasteiger partial charge on any atom is 0.271 e. The van der Waals surface area contributed by atoms with E-state index in [2.05, 4.69) is 46.9 Å². The van der Waals surface area contributed by atoms with Crippen molar-refractivity contribution in [2.24, 2.45) is 0 Å². The van der Waals surface area contributed by atoms with Crippen molar-refractivity contribution < 1.29 is 9.21 Å². The Morgan fingerprint density at radius 1 is 1.22 bits per heavy atom. The number of aryl methyl sites for hydroxylation is 1. The first-order valence-electron chi connectivity index (χ1n) is 11.5. The zero-order valence-electron chi connectivity index (χ0n) is 19.8. The van der Waals surface area contributed by atoms with Gasteiger partial charge in [0.25, 0.3) is 5.91 Å². The molecule has 0 saturated carbocycles. The number of tetrazole rings is 1. The van der Waals surface area contributed by atoms with E-state index in [1.807, 2.05) is 67.8 Å². The monoisotopic (exact) mass is 567 g/mol. The molecule has 184 valence electrons. The van der Waals surface area contributed by atoms with Crippen LogP contribution in [0.5, 0.6) is 0 Å². The van der Waals surface area contributed by atoms with Gasteiger partial charge in [0.1, 0.15) is 22.9 Å². The molecule has 5 rings (SSSR count). The maximum atomic E-state index is 12.9. The van der Waals surface area contributed by atoms with Crippen LogP contribution >= 0.6 is 27.5 Å². The third kappa shape index (κ3) is 4.42. The number of H-pyrrole nitrogens is 1. The van der Waals surface area contributed by atoms with Crippen molar-refractivity contribution in [2.75, 3.05) is 0 Å². The highest BCUT2D eigenvalue weighted by atomic mass is 79.9. The van der Waals surface area contributed by atoms with E-state index in [1.165, 1.54) is 0 Å². The predicted octanol–water partition coefficient (Wildman–Crippen LogP) is 5.64. The molecule has 0 aliphatic rings. The van der Waals surface area contributed by atoms with Crippen LogP contribution in [0.2, 0.25) is 5.15 Å².